The second-order valence-corrected chi connectivity index (χ2v) is 7.60. The molecule has 0 spiro atoms. The number of rotatable bonds is 9. The molecule has 1 rings (SSSR count). The van der Waals surface area contributed by atoms with Gasteiger partial charge < -0.3 is 25.0 Å². The van der Waals surface area contributed by atoms with Crippen molar-refractivity contribution in [2.45, 2.75) is 34.1 Å². The molecule has 158 valence electrons. The average Bonchev–Trinajstić information content (AvgIpc) is 2.67. The maximum atomic E-state index is 11.9. The summed E-state index contributed by atoms with van der Waals surface area (Å²) in [5, 5.41) is 6.22. The van der Waals surface area contributed by atoms with Crippen LogP contribution in [-0.4, -0.2) is 64.2 Å². The number of nitrogens with zero attached hydrogens (tertiary/aromatic N) is 2. The van der Waals surface area contributed by atoms with Gasteiger partial charge in [0.1, 0.15) is 0 Å². The Balaban J connectivity index is 2.62. The number of hydrogen-bond acceptors (Lipinski definition) is 4. The van der Waals surface area contributed by atoms with Crippen LogP contribution in [-0.2, 0) is 11.2 Å². The van der Waals surface area contributed by atoms with E-state index in [9.17, 15) is 4.79 Å². The van der Waals surface area contributed by atoms with E-state index < -0.39 is 0 Å². The number of aliphatic imine (C=N–C) groups is 1. The third-order valence-electron chi connectivity index (χ3n) is 4.22. The van der Waals surface area contributed by atoms with Crippen LogP contribution in [0.1, 0.15) is 33.3 Å². The molecule has 1 aromatic rings. The number of nitrogens with one attached hydrogen (secondary N) is 2. The van der Waals surface area contributed by atoms with Gasteiger partial charge in [-0.1, -0.05) is 26.8 Å². The lowest BCUT2D eigenvalue weighted by molar-refractivity contribution is -0.128. The third kappa shape index (κ3) is 7.66. The summed E-state index contributed by atoms with van der Waals surface area (Å²) in [5.41, 5.74) is 0.780. The number of ether oxygens (including phenoxy) is 2. The Morgan fingerprint density at radius 2 is 1.82 bits per heavy atom. The zero-order valence-electron chi connectivity index (χ0n) is 18.4. The Morgan fingerprint density at radius 1 is 1.14 bits per heavy atom. The average molecular weight is 393 g/mol. The molecule has 0 saturated carbocycles. The van der Waals surface area contributed by atoms with Crippen LogP contribution in [0.15, 0.2) is 23.2 Å². The first-order valence-electron chi connectivity index (χ1n) is 9.71. The number of benzene rings is 1. The van der Waals surface area contributed by atoms with Crippen molar-refractivity contribution in [1.82, 2.24) is 15.5 Å². The molecule has 0 saturated heterocycles. The first-order chi connectivity index (χ1) is 13.2. The predicted molar refractivity (Wildman–Crippen MR) is 114 cm³/mol. The lowest BCUT2D eigenvalue weighted by atomic mass is 9.96. The van der Waals surface area contributed by atoms with Crippen LogP contribution in [0.25, 0.3) is 0 Å². The van der Waals surface area contributed by atoms with Crippen molar-refractivity contribution in [3.05, 3.63) is 23.8 Å². The van der Waals surface area contributed by atoms with E-state index >= 15 is 0 Å². The van der Waals surface area contributed by atoms with E-state index in [1.165, 1.54) is 0 Å². The molecule has 7 nitrogen and oxygen atoms in total. The molecule has 7 heteroatoms. The van der Waals surface area contributed by atoms with Crippen molar-refractivity contribution in [3.8, 4) is 11.5 Å². The van der Waals surface area contributed by atoms with Crippen molar-refractivity contribution in [1.29, 1.82) is 0 Å². The van der Waals surface area contributed by atoms with E-state index in [1.807, 2.05) is 52.9 Å². The van der Waals surface area contributed by atoms with Crippen LogP contribution in [0, 0.1) is 5.41 Å². The first kappa shape index (κ1) is 23.6. The molecule has 0 unspecified atom stereocenters. The molecular formula is C21H36N4O3. The number of methoxy groups -OCH3 is 2. The molecule has 0 fully saturated rings. The van der Waals surface area contributed by atoms with Gasteiger partial charge >= 0.3 is 0 Å². The third-order valence-corrected chi connectivity index (χ3v) is 4.22. The number of likely N-dealkylation sites (N-methyl/N-ethyl adjacent to an activating group) is 1. The molecule has 0 aliphatic carbocycles. The Hall–Kier alpha value is -2.44. The molecule has 0 aromatic heterocycles. The molecule has 0 bridgehead atoms. The maximum Gasteiger partial charge on any atom is 0.225 e. The minimum absolute atomic E-state index is 0.0366. The summed E-state index contributed by atoms with van der Waals surface area (Å²) >= 11 is 0. The zero-order chi connectivity index (χ0) is 21.2. The van der Waals surface area contributed by atoms with Crippen LogP contribution in [0.5, 0.6) is 11.5 Å². The van der Waals surface area contributed by atoms with Crippen LogP contribution < -0.4 is 20.1 Å². The van der Waals surface area contributed by atoms with Crippen molar-refractivity contribution < 1.29 is 14.3 Å². The fourth-order valence-electron chi connectivity index (χ4n) is 2.50. The fourth-order valence-corrected chi connectivity index (χ4v) is 2.50. The Bertz CT molecular complexity index is 654. The van der Waals surface area contributed by atoms with Gasteiger partial charge in [-0.3, -0.25) is 9.79 Å². The second kappa shape index (κ2) is 11.4. The second-order valence-electron chi connectivity index (χ2n) is 7.60. The van der Waals surface area contributed by atoms with Crippen molar-refractivity contribution in [2.24, 2.45) is 10.4 Å². The number of carbonyl (C=O) groups is 1. The number of carbonyl (C=O) groups excluding carboxylic acids is 1. The summed E-state index contributed by atoms with van der Waals surface area (Å²) in [6.07, 6.45) is 0.849. The van der Waals surface area contributed by atoms with E-state index in [0.29, 0.717) is 13.1 Å². The Labute approximate surface area is 169 Å². The van der Waals surface area contributed by atoms with Crippen molar-refractivity contribution in [2.75, 3.05) is 47.4 Å². The number of guanidine groups is 1. The monoisotopic (exact) mass is 392 g/mol. The summed E-state index contributed by atoms with van der Waals surface area (Å²) in [4.78, 5) is 18.6. The van der Waals surface area contributed by atoms with Gasteiger partial charge in [0.05, 0.1) is 20.8 Å². The highest BCUT2D eigenvalue weighted by atomic mass is 16.5. The summed E-state index contributed by atoms with van der Waals surface area (Å²) in [5.74, 6) is 2.33. The minimum Gasteiger partial charge on any atom is -0.493 e. The molecule has 1 amide bonds. The van der Waals surface area contributed by atoms with Gasteiger partial charge in [0.2, 0.25) is 5.91 Å². The quantitative estimate of drug-likeness (QED) is 0.383. The lowest BCUT2D eigenvalue weighted by Crippen LogP contribution is -2.41. The van der Waals surface area contributed by atoms with Gasteiger partial charge in [-0.2, -0.15) is 0 Å². The SMILES string of the molecule is CCNC(=NCCNC(=O)C(C)(C)C)N(C)CCc1ccc(OC)c(OC)c1. The van der Waals surface area contributed by atoms with Crippen molar-refractivity contribution in [3.63, 3.8) is 0 Å². The number of hydrogen-bond donors (Lipinski definition) is 2. The normalized spacial score (nSPS) is 11.8. The summed E-state index contributed by atoms with van der Waals surface area (Å²) in [6.45, 7) is 10.4. The standard InChI is InChI=1S/C21H36N4O3/c1-8-22-20(24-13-12-23-19(26)21(2,3)4)25(5)14-11-16-9-10-17(27-6)18(15-16)28-7/h9-10,15H,8,11-14H2,1-7H3,(H,22,24)(H,23,26). The lowest BCUT2D eigenvalue weighted by Gasteiger charge is -2.22. The topological polar surface area (TPSA) is 75.2 Å². The molecule has 28 heavy (non-hydrogen) atoms. The predicted octanol–water partition coefficient (Wildman–Crippen LogP) is 2.31. The maximum absolute atomic E-state index is 11.9. The Kier molecular flexibility index (Phi) is 9.62. The smallest absolute Gasteiger partial charge is 0.225 e. The van der Waals surface area contributed by atoms with Crippen molar-refractivity contribution >= 4 is 11.9 Å². The van der Waals surface area contributed by atoms with Gasteiger partial charge in [0.25, 0.3) is 0 Å². The van der Waals surface area contributed by atoms with E-state index in [0.717, 1.165) is 42.5 Å². The van der Waals surface area contributed by atoms with Crippen LogP contribution in [0.4, 0.5) is 0 Å². The van der Waals surface area contributed by atoms with Gasteiger partial charge in [-0.25, -0.2) is 0 Å². The zero-order valence-corrected chi connectivity index (χ0v) is 18.4. The molecular weight excluding hydrogens is 356 g/mol. The van der Waals surface area contributed by atoms with Crippen LogP contribution in [0.3, 0.4) is 0 Å². The molecule has 0 heterocycles. The largest absolute Gasteiger partial charge is 0.493 e. The highest BCUT2D eigenvalue weighted by Gasteiger charge is 2.20. The molecule has 0 aliphatic rings. The molecule has 2 N–H and O–H groups in total. The highest BCUT2D eigenvalue weighted by Crippen LogP contribution is 2.27. The molecule has 0 atom stereocenters. The first-order valence-corrected chi connectivity index (χ1v) is 9.71. The van der Waals surface area contributed by atoms with E-state index in [2.05, 4.69) is 20.5 Å². The Morgan fingerprint density at radius 3 is 2.39 bits per heavy atom. The van der Waals surface area contributed by atoms with E-state index in [4.69, 9.17) is 9.47 Å². The molecule has 0 aliphatic heterocycles. The van der Waals surface area contributed by atoms with Gasteiger partial charge in [-0.15, -0.1) is 0 Å². The van der Waals surface area contributed by atoms with Gasteiger partial charge in [0, 0.05) is 32.1 Å². The summed E-state index contributed by atoms with van der Waals surface area (Å²) in [6, 6.07) is 5.96. The summed E-state index contributed by atoms with van der Waals surface area (Å²) < 4.78 is 10.7. The van der Waals surface area contributed by atoms with Crippen LogP contribution >= 0.6 is 0 Å². The fraction of sp³-hybridized carbons (Fsp3) is 0.619. The minimum atomic E-state index is -0.384. The summed E-state index contributed by atoms with van der Waals surface area (Å²) in [7, 11) is 5.28. The van der Waals surface area contributed by atoms with Gasteiger partial charge in [0.15, 0.2) is 17.5 Å². The highest BCUT2D eigenvalue weighted by molar-refractivity contribution is 5.81. The van der Waals surface area contributed by atoms with E-state index in [1.54, 1.807) is 14.2 Å². The van der Waals surface area contributed by atoms with Gasteiger partial charge in [-0.05, 0) is 31.0 Å². The van der Waals surface area contributed by atoms with Crippen LogP contribution in [0.2, 0.25) is 0 Å². The van der Waals surface area contributed by atoms with E-state index in [-0.39, 0.29) is 11.3 Å². The number of amides is 1. The molecule has 0 radical (unpaired) electrons. The molecule has 1 aromatic carbocycles.